The van der Waals surface area contributed by atoms with Crippen LogP contribution in [-0.4, -0.2) is 71.4 Å². The van der Waals surface area contributed by atoms with E-state index >= 15 is 0 Å². The smallest absolute Gasteiger partial charge is 0.331 e. The molecule has 0 unspecified atom stereocenters. The molecule has 2 aliphatic heterocycles. The first-order valence-electron chi connectivity index (χ1n) is 11.1. The minimum absolute atomic E-state index is 0.0449. The molecule has 9 nitrogen and oxygen atoms in total. The molecule has 0 N–H and O–H groups in total. The number of esters is 1. The van der Waals surface area contributed by atoms with Gasteiger partial charge in [0.15, 0.2) is 16.4 Å². The molecule has 0 bridgehead atoms. The third kappa shape index (κ3) is 5.57. The average Bonchev–Trinajstić information content (AvgIpc) is 3.44. The van der Waals surface area contributed by atoms with Gasteiger partial charge in [0.1, 0.15) is 0 Å². The topological polar surface area (TPSA) is 118 Å². The molecule has 11 heteroatoms. The van der Waals surface area contributed by atoms with Crippen molar-refractivity contribution in [3.8, 4) is 0 Å². The molecule has 0 saturated carbocycles. The van der Waals surface area contributed by atoms with Gasteiger partial charge < -0.3 is 9.64 Å². The summed E-state index contributed by atoms with van der Waals surface area (Å²) in [7, 11) is -5.34. The fraction of sp³-hybridized carbons (Fsp3) is 0.333. The Labute approximate surface area is 205 Å². The zero-order valence-electron chi connectivity index (χ0n) is 19.2. The molecule has 0 aliphatic carbocycles. The van der Waals surface area contributed by atoms with Gasteiger partial charge in [0.05, 0.1) is 22.1 Å². The number of sulfonamides is 1. The number of anilines is 1. The number of nitrogens with zero attached hydrogens (tertiary/aromatic N) is 2. The van der Waals surface area contributed by atoms with Gasteiger partial charge in [-0.05, 0) is 48.2 Å². The number of benzene rings is 2. The minimum Gasteiger partial charge on any atom is -0.452 e. The van der Waals surface area contributed by atoms with Crippen molar-refractivity contribution in [2.45, 2.75) is 23.8 Å². The minimum atomic E-state index is -3.70. The fourth-order valence-corrected chi connectivity index (χ4v) is 7.44. The molecule has 0 aromatic heterocycles. The van der Waals surface area contributed by atoms with Crippen molar-refractivity contribution in [2.75, 3.05) is 36.0 Å². The summed E-state index contributed by atoms with van der Waals surface area (Å²) in [5.41, 5.74) is 2.27. The van der Waals surface area contributed by atoms with E-state index in [1.807, 2.05) is 18.2 Å². The SMILES string of the molecule is CN(C(=O)COC(=O)/C=C/c1ccc(S(=O)(=O)N2CCc3ccccc32)cc1)[C@@H]1CCS(=O)(=O)C1. The van der Waals surface area contributed by atoms with E-state index in [0.717, 1.165) is 11.6 Å². The van der Waals surface area contributed by atoms with E-state index in [1.165, 1.54) is 34.5 Å². The van der Waals surface area contributed by atoms with Gasteiger partial charge in [-0.2, -0.15) is 0 Å². The maximum Gasteiger partial charge on any atom is 0.331 e. The molecule has 35 heavy (non-hydrogen) atoms. The van der Waals surface area contributed by atoms with Gasteiger partial charge in [0.25, 0.3) is 15.9 Å². The first kappa shape index (κ1) is 24.9. The number of sulfone groups is 1. The second-order valence-electron chi connectivity index (χ2n) is 8.53. The summed E-state index contributed by atoms with van der Waals surface area (Å²) in [5.74, 6) is -1.26. The molecule has 2 aromatic carbocycles. The number of amides is 1. The normalized spacial score (nSPS) is 19.0. The van der Waals surface area contributed by atoms with Crippen LogP contribution in [0.5, 0.6) is 0 Å². The second-order valence-corrected chi connectivity index (χ2v) is 12.6. The molecule has 0 spiro atoms. The van der Waals surface area contributed by atoms with Crippen LogP contribution in [0.1, 0.15) is 17.5 Å². The van der Waals surface area contributed by atoms with Crippen LogP contribution in [0, 0.1) is 0 Å². The van der Waals surface area contributed by atoms with Crippen molar-refractivity contribution >= 4 is 43.5 Å². The van der Waals surface area contributed by atoms with E-state index in [0.29, 0.717) is 30.6 Å². The molecule has 2 heterocycles. The second kappa shape index (κ2) is 9.82. The number of likely N-dealkylation sites (N-methyl/N-ethyl adjacent to an activating group) is 1. The van der Waals surface area contributed by atoms with E-state index in [9.17, 15) is 26.4 Å². The van der Waals surface area contributed by atoms with Crippen LogP contribution in [0.15, 0.2) is 59.5 Å². The summed E-state index contributed by atoms with van der Waals surface area (Å²) in [6.45, 7) is -0.107. The molecule has 1 fully saturated rings. The molecule has 1 amide bonds. The van der Waals surface area contributed by atoms with E-state index in [-0.39, 0.29) is 16.4 Å². The Kier molecular flexibility index (Phi) is 7.00. The number of hydrogen-bond acceptors (Lipinski definition) is 7. The maximum absolute atomic E-state index is 13.1. The van der Waals surface area contributed by atoms with Crippen LogP contribution in [0.2, 0.25) is 0 Å². The van der Waals surface area contributed by atoms with Gasteiger partial charge in [-0.1, -0.05) is 30.3 Å². The summed E-state index contributed by atoms with van der Waals surface area (Å²) in [4.78, 5) is 25.7. The third-order valence-electron chi connectivity index (χ3n) is 6.21. The number of rotatable bonds is 7. The third-order valence-corrected chi connectivity index (χ3v) is 9.79. The molecule has 1 atom stereocenters. The van der Waals surface area contributed by atoms with Crippen molar-refractivity contribution in [2.24, 2.45) is 0 Å². The van der Waals surface area contributed by atoms with Gasteiger partial charge in [0, 0.05) is 25.7 Å². The van der Waals surface area contributed by atoms with E-state index in [4.69, 9.17) is 4.74 Å². The molecular formula is C24H26N2O7S2. The van der Waals surface area contributed by atoms with Gasteiger partial charge in [0.2, 0.25) is 0 Å². The van der Waals surface area contributed by atoms with Crippen molar-refractivity contribution in [3.05, 3.63) is 65.7 Å². The predicted molar refractivity (Wildman–Crippen MR) is 131 cm³/mol. The van der Waals surface area contributed by atoms with Crippen LogP contribution >= 0.6 is 0 Å². The van der Waals surface area contributed by atoms with Crippen LogP contribution in [0.4, 0.5) is 5.69 Å². The summed E-state index contributed by atoms with van der Waals surface area (Å²) >= 11 is 0. The van der Waals surface area contributed by atoms with E-state index < -0.39 is 44.4 Å². The van der Waals surface area contributed by atoms with Crippen LogP contribution in [0.25, 0.3) is 6.08 Å². The van der Waals surface area contributed by atoms with E-state index in [1.54, 1.807) is 18.2 Å². The zero-order chi connectivity index (χ0) is 25.2. The highest BCUT2D eigenvalue weighted by atomic mass is 32.2. The Morgan fingerprint density at radius 1 is 1.14 bits per heavy atom. The highest BCUT2D eigenvalue weighted by molar-refractivity contribution is 7.93. The Morgan fingerprint density at radius 2 is 1.86 bits per heavy atom. The largest absolute Gasteiger partial charge is 0.452 e. The summed E-state index contributed by atoms with van der Waals surface area (Å²) in [6.07, 6.45) is 3.64. The number of carbonyl (C=O) groups excluding carboxylic acids is 2. The van der Waals surface area contributed by atoms with Crippen molar-refractivity contribution < 1.29 is 31.2 Å². The van der Waals surface area contributed by atoms with Crippen LogP contribution in [-0.2, 0) is 40.6 Å². The Morgan fingerprint density at radius 3 is 2.54 bits per heavy atom. The van der Waals surface area contributed by atoms with Gasteiger partial charge in [-0.25, -0.2) is 21.6 Å². The van der Waals surface area contributed by atoms with Crippen molar-refractivity contribution in [1.82, 2.24) is 4.90 Å². The van der Waals surface area contributed by atoms with Crippen molar-refractivity contribution in [3.63, 3.8) is 0 Å². The first-order chi connectivity index (χ1) is 16.6. The molecule has 4 rings (SSSR count). The summed E-state index contributed by atoms with van der Waals surface area (Å²) in [5, 5.41) is 0. The highest BCUT2D eigenvalue weighted by Crippen LogP contribution is 2.32. The van der Waals surface area contributed by atoms with Crippen LogP contribution in [0.3, 0.4) is 0 Å². The highest BCUT2D eigenvalue weighted by Gasteiger charge is 2.33. The number of carbonyl (C=O) groups is 2. The van der Waals surface area contributed by atoms with Crippen molar-refractivity contribution in [1.29, 1.82) is 0 Å². The Hall–Kier alpha value is -3.18. The Bertz CT molecular complexity index is 1370. The molecular weight excluding hydrogens is 492 g/mol. The summed E-state index contributed by atoms with van der Waals surface area (Å²) < 4.78 is 55.7. The van der Waals surface area contributed by atoms with Crippen LogP contribution < -0.4 is 4.31 Å². The van der Waals surface area contributed by atoms with E-state index in [2.05, 4.69) is 0 Å². The Balaban J connectivity index is 1.32. The van der Waals surface area contributed by atoms with Gasteiger partial charge in [-0.3, -0.25) is 9.10 Å². The maximum atomic E-state index is 13.1. The number of fused-ring (bicyclic) bond motifs is 1. The number of hydrogen-bond donors (Lipinski definition) is 0. The lowest BCUT2D eigenvalue weighted by atomic mass is 10.2. The van der Waals surface area contributed by atoms with Gasteiger partial charge in [-0.15, -0.1) is 0 Å². The molecule has 0 radical (unpaired) electrons. The molecule has 186 valence electrons. The molecule has 2 aliphatic rings. The lowest BCUT2D eigenvalue weighted by molar-refractivity contribution is -0.148. The molecule has 1 saturated heterocycles. The fourth-order valence-electron chi connectivity index (χ4n) is 4.17. The quantitative estimate of drug-likeness (QED) is 0.404. The standard InChI is InChI=1S/C24H26N2O7S2/c1-25(20-13-15-34(29,30)17-20)23(27)16-33-24(28)11-8-18-6-9-21(10-7-18)35(31,32)26-14-12-19-4-2-3-5-22(19)26/h2-11,20H,12-17H2,1H3/b11-8+/t20-/m1/s1. The predicted octanol–water partition coefficient (Wildman–Crippen LogP) is 1.64. The zero-order valence-corrected chi connectivity index (χ0v) is 20.8. The number of ether oxygens (including phenoxy) is 1. The lowest BCUT2D eigenvalue weighted by Crippen LogP contribution is -2.40. The first-order valence-corrected chi connectivity index (χ1v) is 14.3. The van der Waals surface area contributed by atoms with Gasteiger partial charge >= 0.3 is 5.97 Å². The monoisotopic (exact) mass is 518 g/mol. The average molecular weight is 519 g/mol. The number of para-hydroxylation sites is 1. The summed E-state index contributed by atoms with van der Waals surface area (Å²) in [6, 6.07) is 13.1. The molecule has 2 aromatic rings. The lowest BCUT2D eigenvalue weighted by Gasteiger charge is -2.22.